The molecule has 5 heteroatoms. The van der Waals surface area contributed by atoms with Gasteiger partial charge in [-0.2, -0.15) is 0 Å². The predicted octanol–water partition coefficient (Wildman–Crippen LogP) is -0.715. The molecule has 1 aromatic heterocycles. The highest BCUT2D eigenvalue weighted by Gasteiger charge is 2.04. The van der Waals surface area contributed by atoms with E-state index >= 15 is 0 Å². The summed E-state index contributed by atoms with van der Waals surface area (Å²) in [7, 11) is 0. The second-order valence-corrected chi connectivity index (χ2v) is 2.50. The van der Waals surface area contributed by atoms with Gasteiger partial charge in [0.25, 0.3) is 5.56 Å². The molecule has 4 N–H and O–H groups in total. The lowest BCUT2D eigenvalue weighted by Crippen LogP contribution is -2.16. The Balaban J connectivity index is 3.13. The molecular formula is C7H11N3O2. The van der Waals surface area contributed by atoms with Crippen molar-refractivity contribution in [2.75, 3.05) is 6.54 Å². The van der Waals surface area contributed by atoms with Crippen molar-refractivity contribution in [1.82, 2.24) is 9.97 Å². The summed E-state index contributed by atoms with van der Waals surface area (Å²) >= 11 is 0. The number of H-pyrrole nitrogens is 1. The number of aromatic amines is 1. The zero-order chi connectivity index (χ0) is 9.14. The van der Waals surface area contributed by atoms with Crippen LogP contribution in [0.3, 0.4) is 0 Å². The Bertz CT molecular complexity index is 332. The van der Waals surface area contributed by atoms with Gasteiger partial charge in [0.15, 0.2) is 0 Å². The van der Waals surface area contributed by atoms with E-state index in [0.29, 0.717) is 18.8 Å². The molecule has 0 saturated heterocycles. The topological polar surface area (TPSA) is 92.0 Å². The number of aromatic nitrogens is 2. The van der Waals surface area contributed by atoms with Gasteiger partial charge in [0.05, 0.1) is 5.56 Å². The average Bonchev–Trinajstić information content (AvgIpc) is 2.01. The molecule has 0 amide bonds. The van der Waals surface area contributed by atoms with Crippen LogP contribution in [-0.2, 0) is 6.42 Å². The molecule has 66 valence electrons. The van der Waals surface area contributed by atoms with E-state index in [2.05, 4.69) is 9.97 Å². The summed E-state index contributed by atoms with van der Waals surface area (Å²) in [5, 5.41) is 9.14. The first-order chi connectivity index (χ1) is 5.65. The molecule has 0 spiro atoms. The van der Waals surface area contributed by atoms with Crippen molar-refractivity contribution in [3.8, 4) is 5.88 Å². The van der Waals surface area contributed by atoms with Crippen LogP contribution in [0.5, 0.6) is 5.88 Å². The molecule has 1 heterocycles. The minimum atomic E-state index is -0.314. The van der Waals surface area contributed by atoms with Gasteiger partial charge in [0.1, 0.15) is 5.82 Å². The van der Waals surface area contributed by atoms with E-state index in [4.69, 9.17) is 10.8 Å². The molecule has 0 unspecified atom stereocenters. The van der Waals surface area contributed by atoms with Crippen LogP contribution < -0.4 is 11.3 Å². The van der Waals surface area contributed by atoms with E-state index in [0.717, 1.165) is 0 Å². The molecule has 5 nitrogen and oxygen atoms in total. The normalized spacial score (nSPS) is 10.2. The van der Waals surface area contributed by atoms with E-state index in [1.54, 1.807) is 0 Å². The van der Waals surface area contributed by atoms with Crippen molar-refractivity contribution < 1.29 is 5.11 Å². The van der Waals surface area contributed by atoms with Gasteiger partial charge in [0.2, 0.25) is 5.88 Å². The minimum Gasteiger partial charge on any atom is -0.493 e. The van der Waals surface area contributed by atoms with E-state index in [1.807, 2.05) is 0 Å². The van der Waals surface area contributed by atoms with Crippen molar-refractivity contribution in [3.63, 3.8) is 0 Å². The van der Waals surface area contributed by atoms with Crippen LogP contribution in [0.4, 0.5) is 0 Å². The Hall–Kier alpha value is -1.36. The van der Waals surface area contributed by atoms with Crippen LogP contribution in [0.1, 0.15) is 11.4 Å². The fourth-order valence-corrected chi connectivity index (χ4v) is 0.821. The number of nitrogens with zero attached hydrogens (tertiary/aromatic N) is 1. The van der Waals surface area contributed by atoms with Crippen LogP contribution >= 0.6 is 0 Å². The van der Waals surface area contributed by atoms with E-state index in [-0.39, 0.29) is 17.0 Å². The first-order valence-electron chi connectivity index (χ1n) is 3.64. The summed E-state index contributed by atoms with van der Waals surface area (Å²) in [6, 6.07) is 0. The lowest BCUT2D eigenvalue weighted by molar-refractivity contribution is 0.442. The summed E-state index contributed by atoms with van der Waals surface area (Å²) in [5.74, 6) is 0.202. The highest BCUT2D eigenvalue weighted by Crippen LogP contribution is 2.05. The number of nitrogens with two attached hydrogens (primary N) is 1. The number of nitrogens with one attached hydrogen (secondary N) is 1. The summed E-state index contributed by atoms with van der Waals surface area (Å²) in [6.45, 7) is 1.90. The Morgan fingerprint density at radius 1 is 1.67 bits per heavy atom. The lowest BCUT2D eigenvalue weighted by Gasteiger charge is -2.00. The monoisotopic (exact) mass is 169 g/mol. The molecule has 1 rings (SSSR count). The van der Waals surface area contributed by atoms with E-state index in [1.165, 1.54) is 6.92 Å². The Kier molecular flexibility index (Phi) is 2.44. The first kappa shape index (κ1) is 8.73. The molecule has 0 aliphatic carbocycles. The van der Waals surface area contributed by atoms with Crippen molar-refractivity contribution in [2.24, 2.45) is 5.73 Å². The largest absolute Gasteiger partial charge is 0.493 e. The molecule has 1 aromatic rings. The quantitative estimate of drug-likeness (QED) is 0.545. The highest BCUT2D eigenvalue weighted by atomic mass is 16.3. The van der Waals surface area contributed by atoms with Gasteiger partial charge in [-0.25, -0.2) is 4.98 Å². The second kappa shape index (κ2) is 3.36. The molecule has 0 saturated carbocycles. The molecule has 12 heavy (non-hydrogen) atoms. The van der Waals surface area contributed by atoms with Gasteiger partial charge in [-0.15, -0.1) is 0 Å². The third-order valence-corrected chi connectivity index (χ3v) is 1.56. The van der Waals surface area contributed by atoms with Crippen LogP contribution in [0.2, 0.25) is 0 Å². The van der Waals surface area contributed by atoms with Crippen molar-refractivity contribution in [3.05, 3.63) is 21.7 Å². The molecule has 0 aromatic carbocycles. The number of hydrogen-bond donors (Lipinski definition) is 3. The van der Waals surface area contributed by atoms with Crippen molar-refractivity contribution in [2.45, 2.75) is 13.3 Å². The van der Waals surface area contributed by atoms with E-state index in [9.17, 15) is 4.79 Å². The summed E-state index contributed by atoms with van der Waals surface area (Å²) in [4.78, 5) is 17.3. The third-order valence-electron chi connectivity index (χ3n) is 1.56. The standard InChI is InChI=1S/C7H11N3O2/c1-4-6(11)9-5(2-3-8)10-7(4)12/h2-3,8H2,1H3,(H2,9,10,11,12). The Morgan fingerprint density at radius 2 is 2.33 bits per heavy atom. The predicted molar refractivity (Wildman–Crippen MR) is 44.0 cm³/mol. The SMILES string of the molecule is Cc1c(O)nc(CCN)[nH]c1=O. The van der Waals surface area contributed by atoms with Crippen molar-refractivity contribution in [1.29, 1.82) is 0 Å². The fraction of sp³-hybridized carbons (Fsp3) is 0.429. The average molecular weight is 169 g/mol. The van der Waals surface area contributed by atoms with Gasteiger partial charge in [0, 0.05) is 6.42 Å². The summed E-state index contributed by atoms with van der Waals surface area (Å²) in [6.07, 6.45) is 0.461. The maximum Gasteiger partial charge on any atom is 0.257 e. The molecule has 0 aliphatic heterocycles. The maximum absolute atomic E-state index is 11.0. The molecular weight excluding hydrogens is 158 g/mol. The van der Waals surface area contributed by atoms with Gasteiger partial charge >= 0.3 is 0 Å². The summed E-state index contributed by atoms with van der Waals surface area (Å²) in [5.41, 5.74) is 5.17. The van der Waals surface area contributed by atoms with Crippen LogP contribution in [0.15, 0.2) is 4.79 Å². The maximum atomic E-state index is 11.0. The first-order valence-corrected chi connectivity index (χ1v) is 3.64. The van der Waals surface area contributed by atoms with Gasteiger partial charge in [-0.05, 0) is 13.5 Å². The van der Waals surface area contributed by atoms with Gasteiger partial charge in [-0.3, -0.25) is 4.79 Å². The fourth-order valence-electron chi connectivity index (χ4n) is 0.821. The Labute approximate surface area is 69.3 Å². The van der Waals surface area contributed by atoms with Gasteiger partial charge in [-0.1, -0.05) is 0 Å². The highest BCUT2D eigenvalue weighted by molar-refractivity contribution is 5.20. The molecule has 0 radical (unpaired) electrons. The van der Waals surface area contributed by atoms with Crippen LogP contribution in [0, 0.1) is 6.92 Å². The number of aromatic hydroxyl groups is 1. The van der Waals surface area contributed by atoms with Crippen molar-refractivity contribution >= 4 is 0 Å². The number of rotatable bonds is 2. The van der Waals surface area contributed by atoms with Crippen LogP contribution in [0.25, 0.3) is 0 Å². The molecule has 0 aliphatic rings. The third kappa shape index (κ3) is 1.62. The zero-order valence-corrected chi connectivity index (χ0v) is 6.79. The summed E-state index contributed by atoms with van der Waals surface area (Å²) < 4.78 is 0. The minimum absolute atomic E-state index is 0.220. The molecule has 0 fully saturated rings. The second-order valence-electron chi connectivity index (χ2n) is 2.50. The van der Waals surface area contributed by atoms with Crippen LogP contribution in [-0.4, -0.2) is 21.6 Å². The molecule has 0 bridgehead atoms. The zero-order valence-electron chi connectivity index (χ0n) is 6.79. The van der Waals surface area contributed by atoms with Gasteiger partial charge < -0.3 is 15.8 Å². The Morgan fingerprint density at radius 3 is 2.83 bits per heavy atom. The van der Waals surface area contributed by atoms with E-state index < -0.39 is 0 Å². The lowest BCUT2D eigenvalue weighted by atomic mass is 10.3. The molecule has 0 atom stereocenters. The smallest absolute Gasteiger partial charge is 0.257 e. The number of hydrogen-bond acceptors (Lipinski definition) is 4.